The molecule has 0 spiro atoms. The van der Waals surface area contributed by atoms with Crippen LogP contribution < -0.4 is 0 Å². The van der Waals surface area contributed by atoms with E-state index in [1.54, 1.807) is 0 Å². The molecule has 69 valence electrons. The van der Waals surface area contributed by atoms with Gasteiger partial charge in [0.1, 0.15) is 0 Å². The van der Waals surface area contributed by atoms with Crippen LogP contribution in [0.4, 0.5) is 0 Å². The highest BCUT2D eigenvalue weighted by Gasteiger charge is 2.18. The Morgan fingerprint density at radius 1 is 1.42 bits per heavy atom. The van der Waals surface area contributed by atoms with Crippen LogP contribution in [-0.4, -0.2) is 12.6 Å². The third-order valence-electron chi connectivity index (χ3n) is 2.49. The lowest BCUT2D eigenvalue weighted by Gasteiger charge is -2.25. The lowest BCUT2D eigenvalue weighted by atomic mass is 9.83. The van der Waals surface area contributed by atoms with E-state index in [0.717, 1.165) is 0 Å². The van der Waals surface area contributed by atoms with Gasteiger partial charge in [0.25, 0.3) is 0 Å². The fourth-order valence-electron chi connectivity index (χ4n) is 1.63. The number of carbonyl (C=O) groups excluding carboxylic acids is 1. The first-order chi connectivity index (χ1) is 5.68. The maximum atomic E-state index is 10.5. The van der Waals surface area contributed by atoms with Gasteiger partial charge in [0.2, 0.25) is 0 Å². The quantitative estimate of drug-likeness (QED) is 0.592. The summed E-state index contributed by atoms with van der Waals surface area (Å²) in [6, 6.07) is 0. The van der Waals surface area contributed by atoms with Gasteiger partial charge in [-0.25, -0.2) is 0 Å². The summed E-state index contributed by atoms with van der Waals surface area (Å²) in [6.07, 6.45) is 4.71. The number of ether oxygens (including phenoxy) is 1. The fraction of sp³-hybridized carbons (Fsp3) is 0.800. The summed E-state index contributed by atoms with van der Waals surface area (Å²) in [7, 11) is 0. The zero-order valence-electron chi connectivity index (χ0n) is 7.71. The second-order valence-electron chi connectivity index (χ2n) is 3.69. The Hall–Kier alpha value is -0.530. The summed E-state index contributed by atoms with van der Waals surface area (Å²) < 4.78 is 4.96. The zero-order chi connectivity index (χ0) is 8.97. The van der Waals surface area contributed by atoms with Gasteiger partial charge in [-0.1, -0.05) is 19.8 Å². The van der Waals surface area contributed by atoms with Crippen LogP contribution >= 0.6 is 0 Å². The molecule has 0 atom stereocenters. The molecule has 0 heterocycles. The average molecular weight is 169 g/mol. The van der Waals surface area contributed by atoms with Crippen LogP contribution in [0.25, 0.3) is 0 Å². The monoisotopic (exact) mass is 169 g/mol. The Kier molecular flexibility index (Phi) is 3.57. The summed E-state index contributed by atoms with van der Waals surface area (Å²) >= 11 is 0. The molecule has 1 aliphatic carbocycles. The molecule has 0 aromatic carbocycles. The molecule has 0 aromatic heterocycles. The Morgan fingerprint density at radius 2 is 2.00 bits per heavy atom. The largest absolute Gasteiger partial charge is 0.466 e. The Balaban J connectivity index is 2.13. The first kappa shape index (κ1) is 9.56. The molecule has 0 bridgehead atoms. The van der Waals surface area contributed by atoms with Gasteiger partial charge >= 0.3 is 5.97 Å². The second-order valence-corrected chi connectivity index (χ2v) is 3.69. The third-order valence-corrected chi connectivity index (χ3v) is 2.49. The molecular weight excluding hydrogens is 152 g/mol. The first-order valence-electron chi connectivity index (χ1n) is 4.65. The van der Waals surface area contributed by atoms with Gasteiger partial charge in [-0.15, -0.1) is 0 Å². The molecule has 1 fully saturated rings. The summed E-state index contributed by atoms with van der Waals surface area (Å²) in [5.41, 5.74) is 0. The van der Waals surface area contributed by atoms with E-state index in [1.165, 1.54) is 32.6 Å². The van der Waals surface area contributed by atoms with Gasteiger partial charge in [-0.3, -0.25) is 4.79 Å². The summed E-state index contributed by atoms with van der Waals surface area (Å²) in [5.74, 6) is 1.05. The second kappa shape index (κ2) is 4.48. The Labute approximate surface area is 74.3 Å². The van der Waals surface area contributed by atoms with Gasteiger partial charge < -0.3 is 4.74 Å². The molecule has 2 heteroatoms. The minimum absolute atomic E-state index is 0.160. The minimum atomic E-state index is -0.160. The maximum absolute atomic E-state index is 10.5. The van der Waals surface area contributed by atoms with Crippen LogP contribution in [0.5, 0.6) is 0 Å². The fourth-order valence-corrected chi connectivity index (χ4v) is 1.63. The van der Waals surface area contributed by atoms with Crippen molar-refractivity contribution in [3.05, 3.63) is 6.92 Å². The Morgan fingerprint density at radius 3 is 2.50 bits per heavy atom. The molecule has 1 aliphatic rings. The minimum Gasteiger partial charge on any atom is -0.466 e. The van der Waals surface area contributed by atoms with Crippen LogP contribution in [0.2, 0.25) is 0 Å². The van der Waals surface area contributed by atoms with Gasteiger partial charge in [-0.2, -0.15) is 0 Å². The van der Waals surface area contributed by atoms with Gasteiger partial charge in [-0.05, 0) is 24.7 Å². The molecular formula is C10H17O2. The highest BCUT2D eigenvalue weighted by molar-refractivity contribution is 5.65. The van der Waals surface area contributed by atoms with E-state index in [1.807, 2.05) is 0 Å². The van der Waals surface area contributed by atoms with Crippen LogP contribution in [-0.2, 0) is 9.53 Å². The normalized spacial score (nSPS) is 29.8. The molecule has 2 nitrogen and oxygen atoms in total. The molecule has 0 aromatic rings. The molecule has 12 heavy (non-hydrogen) atoms. The van der Waals surface area contributed by atoms with E-state index in [-0.39, 0.29) is 5.97 Å². The first-order valence-corrected chi connectivity index (χ1v) is 4.65. The smallest absolute Gasteiger partial charge is 0.302 e. The van der Waals surface area contributed by atoms with Gasteiger partial charge in [0.05, 0.1) is 6.61 Å². The molecule has 1 rings (SSSR count). The van der Waals surface area contributed by atoms with Crippen molar-refractivity contribution in [2.75, 3.05) is 6.61 Å². The lowest BCUT2D eigenvalue weighted by Crippen LogP contribution is -2.18. The van der Waals surface area contributed by atoms with Gasteiger partial charge in [0.15, 0.2) is 0 Å². The van der Waals surface area contributed by atoms with Crippen molar-refractivity contribution >= 4 is 5.97 Å². The third kappa shape index (κ3) is 3.24. The Bertz CT molecular complexity index is 146. The molecule has 0 aliphatic heterocycles. The number of hydrogen-bond acceptors (Lipinski definition) is 2. The highest BCUT2D eigenvalue weighted by atomic mass is 16.5. The van der Waals surface area contributed by atoms with Crippen LogP contribution in [0.3, 0.4) is 0 Å². The topological polar surface area (TPSA) is 26.3 Å². The molecule has 1 radical (unpaired) electrons. The zero-order valence-corrected chi connectivity index (χ0v) is 7.71. The van der Waals surface area contributed by atoms with Crippen molar-refractivity contribution < 1.29 is 9.53 Å². The van der Waals surface area contributed by atoms with Crippen molar-refractivity contribution in [2.45, 2.75) is 32.6 Å². The number of esters is 1. The van der Waals surface area contributed by atoms with E-state index >= 15 is 0 Å². The van der Waals surface area contributed by atoms with Crippen molar-refractivity contribution in [2.24, 2.45) is 11.8 Å². The number of rotatable bonds is 2. The summed E-state index contributed by atoms with van der Waals surface area (Å²) in [6.45, 7) is 6.10. The molecule has 0 amide bonds. The standard InChI is InChI=1S/C10H17O2/c1-8-3-5-10(6-4-8)7-12-9(2)11/h8,10H,1,3-7H2,2H3. The SMILES string of the molecule is [CH2]C1CCC(COC(C)=O)CC1. The number of carbonyl (C=O) groups is 1. The molecule has 1 saturated carbocycles. The van der Waals surface area contributed by atoms with Crippen LogP contribution in [0, 0.1) is 18.8 Å². The van der Waals surface area contributed by atoms with Crippen LogP contribution in [0.1, 0.15) is 32.6 Å². The average Bonchev–Trinajstić information content (AvgIpc) is 2.03. The molecule has 0 saturated heterocycles. The highest BCUT2D eigenvalue weighted by Crippen LogP contribution is 2.27. The van der Waals surface area contributed by atoms with Crippen molar-refractivity contribution in [1.82, 2.24) is 0 Å². The predicted octanol–water partition coefficient (Wildman–Crippen LogP) is 2.19. The van der Waals surface area contributed by atoms with Gasteiger partial charge in [0, 0.05) is 6.92 Å². The summed E-state index contributed by atoms with van der Waals surface area (Å²) in [5, 5.41) is 0. The van der Waals surface area contributed by atoms with E-state index in [0.29, 0.717) is 18.4 Å². The van der Waals surface area contributed by atoms with Crippen molar-refractivity contribution in [1.29, 1.82) is 0 Å². The lowest BCUT2D eigenvalue weighted by molar-refractivity contribution is -0.142. The van der Waals surface area contributed by atoms with Crippen LogP contribution in [0.15, 0.2) is 0 Å². The van der Waals surface area contributed by atoms with E-state index in [4.69, 9.17) is 4.74 Å². The van der Waals surface area contributed by atoms with Crippen molar-refractivity contribution in [3.8, 4) is 0 Å². The van der Waals surface area contributed by atoms with Crippen molar-refractivity contribution in [3.63, 3.8) is 0 Å². The molecule has 0 unspecified atom stereocenters. The predicted molar refractivity (Wildman–Crippen MR) is 47.4 cm³/mol. The van der Waals surface area contributed by atoms with E-state index in [2.05, 4.69) is 6.92 Å². The van der Waals surface area contributed by atoms with E-state index in [9.17, 15) is 4.79 Å². The van der Waals surface area contributed by atoms with E-state index < -0.39 is 0 Å². The maximum Gasteiger partial charge on any atom is 0.302 e. The summed E-state index contributed by atoms with van der Waals surface area (Å²) in [4.78, 5) is 10.5. The molecule has 0 N–H and O–H groups in total. The number of hydrogen-bond donors (Lipinski definition) is 0.